The topological polar surface area (TPSA) is 32.3 Å². The van der Waals surface area contributed by atoms with Crippen LogP contribution in [0.1, 0.15) is 57.7 Å². The lowest BCUT2D eigenvalue weighted by molar-refractivity contribution is 0.154. The third-order valence-corrected chi connectivity index (χ3v) is 3.42. The molecular weight excluding hydrogens is 222 g/mol. The maximum Gasteiger partial charge on any atom is 0.0494 e. The highest BCUT2D eigenvalue weighted by Crippen LogP contribution is 2.20. The van der Waals surface area contributed by atoms with Gasteiger partial charge in [0.2, 0.25) is 0 Å². The van der Waals surface area contributed by atoms with Crippen LogP contribution in [0.3, 0.4) is 0 Å². The van der Waals surface area contributed by atoms with Crippen LogP contribution in [-0.2, 0) is 0 Å². The molecular formula is C16H27NO. The first kappa shape index (κ1) is 15.2. The van der Waals surface area contributed by atoms with Crippen molar-refractivity contribution < 1.29 is 5.11 Å². The van der Waals surface area contributed by atoms with Gasteiger partial charge in [-0.2, -0.15) is 0 Å². The van der Waals surface area contributed by atoms with Crippen LogP contribution < -0.4 is 5.32 Å². The van der Waals surface area contributed by atoms with Crippen LogP contribution in [0.15, 0.2) is 24.3 Å². The van der Waals surface area contributed by atoms with Gasteiger partial charge in [-0.3, -0.25) is 0 Å². The van der Waals surface area contributed by atoms with E-state index >= 15 is 0 Å². The summed E-state index contributed by atoms with van der Waals surface area (Å²) in [6.07, 6.45) is 0. The van der Waals surface area contributed by atoms with Gasteiger partial charge in [0.05, 0.1) is 0 Å². The maximum absolute atomic E-state index is 9.23. The van der Waals surface area contributed by atoms with E-state index in [2.05, 4.69) is 64.2 Å². The third-order valence-electron chi connectivity index (χ3n) is 3.42. The summed E-state index contributed by atoms with van der Waals surface area (Å²) in [6, 6.07) is 9.11. The first-order valence-electron chi connectivity index (χ1n) is 6.80. The van der Waals surface area contributed by atoms with Gasteiger partial charge in [-0.05, 0) is 24.0 Å². The van der Waals surface area contributed by atoms with E-state index in [0.717, 1.165) is 6.54 Å². The molecule has 0 bridgehead atoms. The van der Waals surface area contributed by atoms with Crippen LogP contribution in [0.5, 0.6) is 0 Å². The molecule has 0 amide bonds. The van der Waals surface area contributed by atoms with Gasteiger partial charge in [0, 0.05) is 24.6 Å². The average Bonchev–Trinajstić information content (AvgIpc) is 2.36. The van der Waals surface area contributed by atoms with Crippen LogP contribution in [-0.4, -0.2) is 18.3 Å². The van der Waals surface area contributed by atoms with Gasteiger partial charge in [0.15, 0.2) is 0 Å². The second kappa shape index (κ2) is 6.35. The van der Waals surface area contributed by atoms with Crippen molar-refractivity contribution in [3.8, 4) is 0 Å². The molecule has 102 valence electrons. The highest BCUT2D eigenvalue weighted by molar-refractivity contribution is 5.26. The molecule has 0 saturated carbocycles. The van der Waals surface area contributed by atoms with E-state index in [1.165, 1.54) is 11.1 Å². The number of aliphatic hydroxyl groups is 1. The fourth-order valence-corrected chi connectivity index (χ4v) is 1.77. The highest BCUT2D eigenvalue weighted by atomic mass is 16.3. The largest absolute Gasteiger partial charge is 0.396 e. The third kappa shape index (κ3) is 4.43. The van der Waals surface area contributed by atoms with Crippen LogP contribution in [0.25, 0.3) is 0 Å². The van der Waals surface area contributed by atoms with Crippen molar-refractivity contribution in [2.75, 3.05) is 13.2 Å². The van der Waals surface area contributed by atoms with Crippen LogP contribution in [0.2, 0.25) is 0 Å². The molecule has 2 nitrogen and oxygen atoms in total. The molecule has 0 radical (unpaired) electrons. The summed E-state index contributed by atoms with van der Waals surface area (Å²) in [5.74, 6) is 0.579. The van der Waals surface area contributed by atoms with E-state index < -0.39 is 0 Å². The normalized spacial score (nSPS) is 13.9. The van der Waals surface area contributed by atoms with Crippen LogP contribution in [0.4, 0.5) is 0 Å². The molecule has 1 atom stereocenters. The standard InChI is InChI=1S/C16H27NO/c1-12(2)14-6-8-15(9-7-14)13(3)17-10-16(4,5)11-18/h6-9,12-13,17-18H,10-11H2,1-5H3. The van der Waals surface area contributed by atoms with Gasteiger partial charge >= 0.3 is 0 Å². The predicted octanol–water partition coefficient (Wildman–Crippen LogP) is 3.48. The molecule has 2 N–H and O–H groups in total. The second-order valence-electron chi connectivity index (χ2n) is 6.25. The fraction of sp³-hybridized carbons (Fsp3) is 0.625. The van der Waals surface area contributed by atoms with Gasteiger partial charge < -0.3 is 10.4 Å². The molecule has 1 unspecified atom stereocenters. The van der Waals surface area contributed by atoms with Crippen LogP contribution in [0, 0.1) is 5.41 Å². The fourth-order valence-electron chi connectivity index (χ4n) is 1.77. The molecule has 1 rings (SSSR count). The lowest BCUT2D eigenvalue weighted by atomic mass is 9.94. The Morgan fingerprint density at radius 1 is 1.06 bits per heavy atom. The zero-order valence-electron chi connectivity index (χ0n) is 12.3. The van der Waals surface area contributed by atoms with Gasteiger partial charge in [-0.25, -0.2) is 0 Å². The highest BCUT2D eigenvalue weighted by Gasteiger charge is 2.17. The smallest absolute Gasteiger partial charge is 0.0494 e. The van der Waals surface area contributed by atoms with Crippen molar-refractivity contribution in [1.82, 2.24) is 5.32 Å². The molecule has 0 aliphatic heterocycles. The molecule has 0 fully saturated rings. The van der Waals surface area contributed by atoms with E-state index in [1.54, 1.807) is 0 Å². The molecule has 18 heavy (non-hydrogen) atoms. The summed E-state index contributed by atoms with van der Waals surface area (Å²) in [7, 11) is 0. The van der Waals surface area contributed by atoms with Crippen LogP contribution >= 0.6 is 0 Å². The first-order chi connectivity index (χ1) is 8.35. The monoisotopic (exact) mass is 249 g/mol. The van der Waals surface area contributed by atoms with E-state index in [9.17, 15) is 5.11 Å². The maximum atomic E-state index is 9.23. The van der Waals surface area contributed by atoms with Crippen molar-refractivity contribution >= 4 is 0 Å². The SMILES string of the molecule is CC(C)c1ccc(C(C)NCC(C)(C)CO)cc1. The summed E-state index contributed by atoms with van der Waals surface area (Å²) in [5.41, 5.74) is 2.61. The molecule has 0 saturated heterocycles. The summed E-state index contributed by atoms with van der Waals surface area (Å²) in [5, 5.41) is 12.7. The summed E-state index contributed by atoms with van der Waals surface area (Å²) in [4.78, 5) is 0. The van der Waals surface area contributed by atoms with E-state index in [-0.39, 0.29) is 12.0 Å². The zero-order chi connectivity index (χ0) is 13.8. The van der Waals surface area contributed by atoms with E-state index in [1.807, 2.05) is 0 Å². The number of nitrogens with one attached hydrogen (secondary N) is 1. The van der Waals surface area contributed by atoms with Crippen molar-refractivity contribution in [3.05, 3.63) is 35.4 Å². The zero-order valence-corrected chi connectivity index (χ0v) is 12.3. The first-order valence-corrected chi connectivity index (χ1v) is 6.80. The Labute approximate surface area is 111 Å². The van der Waals surface area contributed by atoms with Gasteiger partial charge in [0.25, 0.3) is 0 Å². The molecule has 1 aromatic rings. The minimum absolute atomic E-state index is 0.0634. The van der Waals surface area contributed by atoms with Crippen molar-refractivity contribution in [1.29, 1.82) is 0 Å². The Kier molecular flexibility index (Phi) is 5.36. The Morgan fingerprint density at radius 3 is 2.00 bits per heavy atom. The number of benzene rings is 1. The Balaban J connectivity index is 2.59. The number of hydrogen-bond donors (Lipinski definition) is 2. The lowest BCUT2D eigenvalue weighted by Gasteiger charge is -2.25. The van der Waals surface area contributed by atoms with E-state index in [0.29, 0.717) is 12.0 Å². The van der Waals surface area contributed by atoms with Crippen molar-refractivity contribution in [2.45, 2.75) is 46.6 Å². The van der Waals surface area contributed by atoms with Gasteiger partial charge in [0.1, 0.15) is 0 Å². The Hall–Kier alpha value is -0.860. The quantitative estimate of drug-likeness (QED) is 0.809. The Bertz CT molecular complexity index is 354. The number of aliphatic hydroxyl groups excluding tert-OH is 1. The molecule has 0 heterocycles. The van der Waals surface area contributed by atoms with Gasteiger partial charge in [-0.15, -0.1) is 0 Å². The number of rotatable bonds is 6. The lowest BCUT2D eigenvalue weighted by Crippen LogP contribution is -2.33. The van der Waals surface area contributed by atoms with E-state index in [4.69, 9.17) is 0 Å². The minimum atomic E-state index is -0.0634. The second-order valence-corrected chi connectivity index (χ2v) is 6.25. The summed E-state index contributed by atoms with van der Waals surface area (Å²) < 4.78 is 0. The summed E-state index contributed by atoms with van der Waals surface area (Å²) >= 11 is 0. The molecule has 1 aromatic carbocycles. The molecule has 0 spiro atoms. The van der Waals surface area contributed by atoms with Gasteiger partial charge in [-0.1, -0.05) is 52.0 Å². The Morgan fingerprint density at radius 2 is 1.56 bits per heavy atom. The predicted molar refractivity (Wildman–Crippen MR) is 77.8 cm³/mol. The summed E-state index contributed by atoms with van der Waals surface area (Å²) in [6.45, 7) is 11.7. The average molecular weight is 249 g/mol. The minimum Gasteiger partial charge on any atom is -0.396 e. The molecule has 0 aliphatic rings. The molecule has 0 aliphatic carbocycles. The van der Waals surface area contributed by atoms with Crippen molar-refractivity contribution in [3.63, 3.8) is 0 Å². The number of hydrogen-bond acceptors (Lipinski definition) is 2. The molecule has 0 aromatic heterocycles. The molecule has 2 heteroatoms. The van der Waals surface area contributed by atoms with Crippen molar-refractivity contribution in [2.24, 2.45) is 5.41 Å².